The lowest BCUT2D eigenvalue weighted by Crippen LogP contribution is -2.30. The molecule has 1 fully saturated rings. The Labute approximate surface area is 102 Å². The fraction of sp³-hybridized carbons (Fsp3) is 0.583. The molecule has 1 aliphatic heterocycles. The molecule has 16 heavy (non-hydrogen) atoms. The summed E-state index contributed by atoms with van der Waals surface area (Å²) in [4.78, 5) is 3.96. The van der Waals surface area contributed by atoms with Gasteiger partial charge in [0.05, 0.1) is 10.7 Å². The number of pyridine rings is 1. The number of piperidine rings is 1. The number of hydrogen-bond acceptors (Lipinski definition) is 3. The molecule has 1 aliphatic rings. The average molecular weight is 240 g/mol. The van der Waals surface area contributed by atoms with E-state index in [9.17, 15) is 0 Å². The molecule has 1 saturated heterocycles. The average Bonchev–Trinajstić information content (AvgIpc) is 2.33. The van der Waals surface area contributed by atoms with Gasteiger partial charge in [-0.25, -0.2) is 0 Å². The number of halogens is 1. The third kappa shape index (κ3) is 3.35. The van der Waals surface area contributed by atoms with E-state index in [1.807, 2.05) is 6.07 Å². The smallest absolute Gasteiger partial charge is 0.0820 e. The van der Waals surface area contributed by atoms with Gasteiger partial charge in [-0.15, -0.1) is 0 Å². The molecule has 3 nitrogen and oxygen atoms in total. The standard InChI is InChI=1S/C12H18ClN3/c13-11-9-15-6-4-12(11)16-7-3-10-2-1-5-14-8-10/h4,6,9-10,14H,1-3,5,7-8H2,(H,15,16). The van der Waals surface area contributed by atoms with E-state index in [1.165, 1.54) is 25.8 Å². The van der Waals surface area contributed by atoms with Crippen LogP contribution in [0.5, 0.6) is 0 Å². The van der Waals surface area contributed by atoms with Crippen LogP contribution in [0.1, 0.15) is 19.3 Å². The van der Waals surface area contributed by atoms with E-state index < -0.39 is 0 Å². The van der Waals surface area contributed by atoms with E-state index in [2.05, 4.69) is 15.6 Å². The largest absolute Gasteiger partial charge is 0.384 e. The van der Waals surface area contributed by atoms with Crippen LogP contribution >= 0.6 is 11.6 Å². The molecule has 0 aliphatic carbocycles. The maximum atomic E-state index is 6.01. The quantitative estimate of drug-likeness (QED) is 0.848. The molecule has 0 amide bonds. The van der Waals surface area contributed by atoms with Crippen LogP contribution in [0.2, 0.25) is 5.02 Å². The van der Waals surface area contributed by atoms with Crippen LogP contribution in [-0.2, 0) is 0 Å². The Hall–Kier alpha value is -0.800. The number of aromatic nitrogens is 1. The van der Waals surface area contributed by atoms with E-state index in [-0.39, 0.29) is 0 Å². The van der Waals surface area contributed by atoms with E-state index in [0.29, 0.717) is 5.02 Å². The molecule has 1 atom stereocenters. The molecular formula is C12H18ClN3. The predicted molar refractivity (Wildman–Crippen MR) is 67.9 cm³/mol. The summed E-state index contributed by atoms with van der Waals surface area (Å²) >= 11 is 6.01. The molecule has 1 unspecified atom stereocenters. The summed E-state index contributed by atoms with van der Waals surface area (Å²) in [6.45, 7) is 3.32. The van der Waals surface area contributed by atoms with Gasteiger partial charge in [-0.1, -0.05) is 11.6 Å². The van der Waals surface area contributed by atoms with Gasteiger partial charge < -0.3 is 10.6 Å². The summed E-state index contributed by atoms with van der Waals surface area (Å²) in [5, 5.41) is 7.49. The van der Waals surface area contributed by atoms with Crippen molar-refractivity contribution in [1.82, 2.24) is 10.3 Å². The molecule has 0 spiro atoms. The molecule has 1 aromatic rings. The fourth-order valence-electron chi connectivity index (χ4n) is 2.10. The number of hydrogen-bond donors (Lipinski definition) is 2. The van der Waals surface area contributed by atoms with Crippen LogP contribution in [0.3, 0.4) is 0 Å². The van der Waals surface area contributed by atoms with E-state index in [1.54, 1.807) is 12.4 Å². The maximum absolute atomic E-state index is 6.01. The summed E-state index contributed by atoms with van der Waals surface area (Å²) in [7, 11) is 0. The topological polar surface area (TPSA) is 37.0 Å². The minimum absolute atomic E-state index is 0.698. The highest BCUT2D eigenvalue weighted by Gasteiger charge is 2.12. The van der Waals surface area contributed by atoms with Gasteiger partial charge in [0.2, 0.25) is 0 Å². The summed E-state index contributed by atoms with van der Waals surface area (Å²) in [6.07, 6.45) is 7.29. The van der Waals surface area contributed by atoms with Crippen molar-refractivity contribution < 1.29 is 0 Å². The molecule has 0 saturated carbocycles. The van der Waals surface area contributed by atoms with Crippen molar-refractivity contribution in [3.8, 4) is 0 Å². The van der Waals surface area contributed by atoms with Gasteiger partial charge in [0, 0.05) is 18.9 Å². The highest BCUT2D eigenvalue weighted by molar-refractivity contribution is 6.33. The lowest BCUT2D eigenvalue weighted by Gasteiger charge is -2.22. The highest BCUT2D eigenvalue weighted by Crippen LogP contribution is 2.20. The third-order valence-electron chi connectivity index (χ3n) is 3.04. The first-order valence-corrected chi connectivity index (χ1v) is 6.28. The molecule has 0 aromatic carbocycles. The van der Waals surface area contributed by atoms with Crippen LogP contribution in [0, 0.1) is 5.92 Å². The monoisotopic (exact) mass is 239 g/mol. The zero-order chi connectivity index (χ0) is 11.2. The molecule has 2 heterocycles. The van der Waals surface area contributed by atoms with E-state index in [4.69, 9.17) is 11.6 Å². The van der Waals surface area contributed by atoms with Crippen molar-refractivity contribution in [3.63, 3.8) is 0 Å². The zero-order valence-corrected chi connectivity index (χ0v) is 10.1. The van der Waals surface area contributed by atoms with Gasteiger partial charge in [-0.2, -0.15) is 0 Å². The first kappa shape index (κ1) is 11.7. The fourth-order valence-corrected chi connectivity index (χ4v) is 2.29. The highest BCUT2D eigenvalue weighted by atomic mass is 35.5. The second kappa shape index (κ2) is 6.06. The van der Waals surface area contributed by atoms with Gasteiger partial charge >= 0.3 is 0 Å². The number of nitrogens with one attached hydrogen (secondary N) is 2. The molecule has 1 aromatic heterocycles. The maximum Gasteiger partial charge on any atom is 0.0820 e. The Morgan fingerprint density at radius 2 is 2.50 bits per heavy atom. The second-order valence-corrected chi connectivity index (χ2v) is 4.69. The van der Waals surface area contributed by atoms with Crippen LogP contribution in [0.25, 0.3) is 0 Å². The van der Waals surface area contributed by atoms with Crippen molar-refractivity contribution in [1.29, 1.82) is 0 Å². The minimum atomic E-state index is 0.698. The van der Waals surface area contributed by atoms with Crippen LogP contribution in [0.4, 0.5) is 5.69 Å². The lowest BCUT2D eigenvalue weighted by molar-refractivity contribution is 0.364. The number of rotatable bonds is 4. The SMILES string of the molecule is Clc1cnccc1NCCC1CCCNC1. The number of nitrogens with zero attached hydrogens (tertiary/aromatic N) is 1. The summed E-state index contributed by atoms with van der Waals surface area (Å²) < 4.78 is 0. The normalized spacial score (nSPS) is 20.7. The minimum Gasteiger partial charge on any atom is -0.384 e. The van der Waals surface area contributed by atoms with Gasteiger partial charge in [0.1, 0.15) is 0 Å². The molecule has 88 valence electrons. The van der Waals surface area contributed by atoms with Crippen LogP contribution < -0.4 is 10.6 Å². The third-order valence-corrected chi connectivity index (χ3v) is 3.34. The van der Waals surface area contributed by atoms with Crippen molar-refractivity contribution in [2.75, 3.05) is 25.0 Å². The van der Waals surface area contributed by atoms with Crippen LogP contribution in [-0.4, -0.2) is 24.6 Å². The van der Waals surface area contributed by atoms with Crippen LogP contribution in [0.15, 0.2) is 18.5 Å². The Balaban J connectivity index is 1.73. The Bertz CT molecular complexity index is 324. The Morgan fingerprint density at radius 1 is 1.56 bits per heavy atom. The summed E-state index contributed by atoms with van der Waals surface area (Å²) in [6, 6.07) is 1.92. The van der Waals surface area contributed by atoms with Crippen molar-refractivity contribution in [2.45, 2.75) is 19.3 Å². The first-order chi connectivity index (χ1) is 7.86. The second-order valence-electron chi connectivity index (χ2n) is 4.28. The predicted octanol–water partition coefficient (Wildman–Crippen LogP) is 2.54. The van der Waals surface area contributed by atoms with E-state index in [0.717, 1.165) is 24.7 Å². The Morgan fingerprint density at radius 3 is 3.25 bits per heavy atom. The van der Waals surface area contributed by atoms with Crippen molar-refractivity contribution >= 4 is 17.3 Å². The molecule has 2 rings (SSSR count). The molecule has 4 heteroatoms. The number of anilines is 1. The summed E-state index contributed by atoms with van der Waals surface area (Å²) in [5.41, 5.74) is 0.987. The van der Waals surface area contributed by atoms with Crippen molar-refractivity contribution in [3.05, 3.63) is 23.5 Å². The van der Waals surface area contributed by atoms with Gasteiger partial charge in [0.25, 0.3) is 0 Å². The van der Waals surface area contributed by atoms with Crippen molar-refractivity contribution in [2.24, 2.45) is 5.92 Å². The van der Waals surface area contributed by atoms with Gasteiger partial charge in [-0.05, 0) is 44.3 Å². The zero-order valence-electron chi connectivity index (χ0n) is 9.38. The lowest BCUT2D eigenvalue weighted by atomic mass is 9.96. The molecular weight excluding hydrogens is 222 g/mol. The van der Waals surface area contributed by atoms with Gasteiger partial charge in [-0.3, -0.25) is 4.98 Å². The Kier molecular flexibility index (Phi) is 4.43. The molecule has 0 bridgehead atoms. The first-order valence-electron chi connectivity index (χ1n) is 5.90. The summed E-state index contributed by atoms with van der Waals surface area (Å²) in [5.74, 6) is 0.807. The molecule has 2 N–H and O–H groups in total. The van der Waals surface area contributed by atoms with Gasteiger partial charge in [0.15, 0.2) is 0 Å². The molecule has 0 radical (unpaired) electrons. The van der Waals surface area contributed by atoms with E-state index >= 15 is 0 Å².